The summed E-state index contributed by atoms with van der Waals surface area (Å²) < 4.78 is 5.88. The molecule has 3 rings (SSSR count). The molecule has 0 atom stereocenters. The molecule has 0 aliphatic rings. The molecule has 116 valence electrons. The molecule has 1 aromatic carbocycles. The van der Waals surface area contributed by atoms with Gasteiger partial charge in [0.2, 0.25) is 0 Å². The fourth-order valence-corrected chi connectivity index (χ4v) is 2.06. The van der Waals surface area contributed by atoms with E-state index in [1.807, 2.05) is 12.1 Å². The summed E-state index contributed by atoms with van der Waals surface area (Å²) in [6, 6.07) is 8.99. The fourth-order valence-electron chi connectivity index (χ4n) is 1.79. The number of benzene rings is 1. The van der Waals surface area contributed by atoms with Gasteiger partial charge >= 0.3 is 0 Å². The minimum Gasteiger partial charge on any atom is -0.360 e. The maximum Gasteiger partial charge on any atom is 0.275 e. The molecule has 7 nitrogen and oxygen atoms in total. The highest BCUT2D eigenvalue weighted by Gasteiger charge is 2.09. The molecule has 8 heteroatoms. The first kappa shape index (κ1) is 15.2. The molecule has 0 spiro atoms. The highest BCUT2D eigenvalue weighted by Crippen LogP contribution is 2.16. The lowest BCUT2D eigenvalue weighted by atomic mass is 10.3. The zero-order valence-electron chi connectivity index (χ0n) is 12.1. The number of amides is 1. The molecular formula is C15H12BrN5O2. The maximum atomic E-state index is 12.1. The number of halogens is 1. The van der Waals surface area contributed by atoms with E-state index in [4.69, 9.17) is 4.52 Å². The second kappa shape index (κ2) is 6.57. The number of hydrogen-bond donors (Lipinski definition) is 2. The Hall–Kier alpha value is -2.74. The number of aromatic nitrogens is 3. The highest BCUT2D eigenvalue weighted by atomic mass is 79.9. The fraction of sp³-hybridized carbons (Fsp3) is 0.0667. The molecule has 0 radical (unpaired) electrons. The van der Waals surface area contributed by atoms with E-state index >= 15 is 0 Å². The standard InChI is InChI=1S/C15H12BrN5O2/c1-9-6-13(21-23-9)20-14-8-17-12(7-18-14)15(22)19-11-4-2-10(16)3-5-11/h2-8H,1H3,(H,19,22)(H,18,20,21). The zero-order chi connectivity index (χ0) is 16.2. The van der Waals surface area contributed by atoms with Crippen molar-refractivity contribution in [3.8, 4) is 0 Å². The van der Waals surface area contributed by atoms with Crippen molar-refractivity contribution in [3.63, 3.8) is 0 Å². The van der Waals surface area contributed by atoms with Crippen molar-refractivity contribution in [3.05, 3.63) is 58.7 Å². The van der Waals surface area contributed by atoms with Crippen molar-refractivity contribution in [2.75, 3.05) is 10.6 Å². The van der Waals surface area contributed by atoms with E-state index in [0.29, 0.717) is 23.1 Å². The molecule has 0 fully saturated rings. The second-order valence-electron chi connectivity index (χ2n) is 4.70. The van der Waals surface area contributed by atoms with E-state index in [0.717, 1.165) is 4.47 Å². The highest BCUT2D eigenvalue weighted by molar-refractivity contribution is 9.10. The van der Waals surface area contributed by atoms with Crippen LogP contribution in [0.25, 0.3) is 0 Å². The molecule has 0 aliphatic carbocycles. The van der Waals surface area contributed by atoms with Gasteiger partial charge in [0, 0.05) is 16.2 Å². The molecule has 2 N–H and O–H groups in total. The van der Waals surface area contributed by atoms with Gasteiger partial charge in [0.15, 0.2) is 5.82 Å². The number of carbonyl (C=O) groups is 1. The van der Waals surface area contributed by atoms with Gasteiger partial charge in [0.1, 0.15) is 17.3 Å². The van der Waals surface area contributed by atoms with Gasteiger partial charge in [-0.1, -0.05) is 21.1 Å². The number of anilines is 3. The van der Waals surface area contributed by atoms with Crippen molar-refractivity contribution in [1.29, 1.82) is 0 Å². The normalized spacial score (nSPS) is 10.3. The first-order valence-electron chi connectivity index (χ1n) is 6.69. The average molecular weight is 374 g/mol. The van der Waals surface area contributed by atoms with Gasteiger partial charge in [0.25, 0.3) is 5.91 Å². The second-order valence-corrected chi connectivity index (χ2v) is 5.61. The summed E-state index contributed by atoms with van der Waals surface area (Å²) in [5.74, 6) is 1.36. The SMILES string of the molecule is Cc1cc(Nc2cnc(C(=O)Nc3ccc(Br)cc3)cn2)no1. The topological polar surface area (TPSA) is 92.9 Å². The van der Waals surface area contributed by atoms with Crippen LogP contribution in [0.4, 0.5) is 17.3 Å². The summed E-state index contributed by atoms with van der Waals surface area (Å²) >= 11 is 3.34. The molecule has 2 aromatic heterocycles. The number of aryl methyl sites for hydroxylation is 1. The lowest BCUT2D eigenvalue weighted by Gasteiger charge is -2.05. The Labute approximate surface area is 140 Å². The molecule has 1 amide bonds. The van der Waals surface area contributed by atoms with Crippen LogP contribution < -0.4 is 10.6 Å². The zero-order valence-corrected chi connectivity index (χ0v) is 13.7. The molecule has 0 saturated carbocycles. The smallest absolute Gasteiger partial charge is 0.275 e. The van der Waals surface area contributed by atoms with Crippen LogP contribution in [0.1, 0.15) is 16.2 Å². The van der Waals surface area contributed by atoms with E-state index in [2.05, 4.69) is 41.7 Å². The summed E-state index contributed by atoms with van der Waals surface area (Å²) in [6.07, 6.45) is 2.85. The molecule has 2 heterocycles. The Morgan fingerprint density at radius 2 is 1.91 bits per heavy atom. The number of rotatable bonds is 4. The van der Waals surface area contributed by atoms with Crippen LogP contribution in [-0.4, -0.2) is 21.0 Å². The predicted octanol–water partition coefficient (Wildman–Crippen LogP) is 3.53. The van der Waals surface area contributed by atoms with Crippen molar-refractivity contribution in [1.82, 2.24) is 15.1 Å². The number of nitrogens with one attached hydrogen (secondary N) is 2. The maximum absolute atomic E-state index is 12.1. The third-order valence-electron chi connectivity index (χ3n) is 2.87. The van der Waals surface area contributed by atoms with Crippen LogP contribution in [-0.2, 0) is 0 Å². The summed E-state index contributed by atoms with van der Waals surface area (Å²) in [5.41, 5.74) is 0.898. The van der Waals surface area contributed by atoms with Crippen molar-refractivity contribution in [2.45, 2.75) is 6.92 Å². The number of carbonyl (C=O) groups excluding carboxylic acids is 1. The van der Waals surface area contributed by atoms with Crippen LogP contribution in [0.5, 0.6) is 0 Å². The molecule has 3 aromatic rings. The average Bonchev–Trinajstić information content (AvgIpc) is 2.95. The Kier molecular flexibility index (Phi) is 4.33. The summed E-state index contributed by atoms with van der Waals surface area (Å²) in [5, 5.41) is 9.47. The summed E-state index contributed by atoms with van der Waals surface area (Å²) in [7, 11) is 0. The van der Waals surface area contributed by atoms with Gasteiger partial charge in [-0.3, -0.25) is 4.79 Å². The van der Waals surface area contributed by atoms with Crippen molar-refractivity contribution >= 4 is 39.2 Å². The largest absolute Gasteiger partial charge is 0.360 e. The van der Waals surface area contributed by atoms with E-state index in [1.54, 1.807) is 25.1 Å². The summed E-state index contributed by atoms with van der Waals surface area (Å²) in [4.78, 5) is 20.3. The van der Waals surface area contributed by atoms with Gasteiger partial charge in [-0.2, -0.15) is 0 Å². The molecule has 0 saturated heterocycles. The lowest BCUT2D eigenvalue weighted by Crippen LogP contribution is -2.14. The predicted molar refractivity (Wildman–Crippen MR) is 88.6 cm³/mol. The molecule has 0 bridgehead atoms. The minimum atomic E-state index is -0.330. The van der Waals surface area contributed by atoms with Gasteiger partial charge in [-0.15, -0.1) is 0 Å². The quantitative estimate of drug-likeness (QED) is 0.726. The van der Waals surface area contributed by atoms with Crippen molar-refractivity contribution in [2.24, 2.45) is 0 Å². The van der Waals surface area contributed by atoms with Crippen LogP contribution >= 0.6 is 15.9 Å². The van der Waals surface area contributed by atoms with Crippen LogP contribution in [0.3, 0.4) is 0 Å². The van der Waals surface area contributed by atoms with Crippen LogP contribution in [0, 0.1) is 6.92 Å². The van der Waals surface area contributed by atoms with E-state index < -0.39 is 0 Å². The third kappa shape index (κ3) is 3.92. The molecule has 0 aliphatic heterocycles. The molecular weight excluding hydrogens is 362 g/mol. The third-order valence-corrected chi connectivity index (χ3v) is 3.40. The lowest BCUT2D eigenvalue weighted by molar-refractivity contribution is 0.102. The monoisotopic (exact) mass is 373 g/mol. The minimum absolute atomic E-state index is 0.217. The van der Waals surface area contributed by atoms with Crippen molar-refractivity contribution < 1.29 is 9.32 Å². The Morgan fingerprint density at radius 1 is 1.13 bits per heavy atom. The Balaban J connectivity index is 1.66. The molecule has 0 unspecified atom stereocenters. The summed E-state index contributed by atoms with van der Waals surface area (Å²) in [6.45, 7) is 1.79. The van der Waals surface area contributed by atoms with Gasteiger partial charge in [-0.05, 0) is 31.2 Å². The first-order chi connectivity index (χ1) is 11.1. The Bertz CT molecular complexity index is 815. The van der Waals surface area contributed by atoms with Gasteiger partial charge in [-0.25, -0.2) is 9.97 Å². The van der Waals surface area contributed by atoms with Crippen LogP contribution in [0.2, 0.25) is 0 Å². The van der Waals surface area contributed by atoms with E-state index in [1.165, 1.54) is 12.4 Å². The van der Waals surface area contributed by atoms with Gasteiger partial charge < -0.3 is 15.2 Å². The van der Waals surface area contributed by atoms with Gasteiger partial charge in [0.05, 0.1) is 12.4 Å². The number of hydrogen-bond acceptors (Lipinski definition) is 6. The van der Waals surface area contributed by atoms with E-state index in [-0.39, 0.29) is 11.6 Å². The van der Waals surface area contributed by atoms with Crippen LogP contribution in [0.15, 0.2) is 51.7 Å². The Morgan fingerprint density at radius 3 is 2.52 bits per heavy atom. The first-order valence-corrected chi connectivity index (χ1v) is 7.49. The number of nitrogens with zero attached hydrogens (tertiary/aromatic N) is 3. The van der Waals surface area contributed by atoms with E-state index in [9.17, 15) is 4.79 Å². The molecule has 23 heavy (non-hydrogen) atoms.